The quantitative estimate of drug-likeness (QED) is 0.463. The van der Waals surface area contributed by atoms with Gasteiger partial charge < -0.3 is 25.2 Å². The van der Waals surface area contributed by atoms with Crippen molar-refractivity contribution in [1.29, 1.82) is 0 Å². The second-order valence-corrected chi connectivity index (χ2v) is 7.37. The Labute approximate surface area is 191 Å². The van der Waals surface area contributed by atoms with Crippen molar-refractivity contribution in [3.63, 3.8) is 0 Å². The molecule has 2 amide bonds. The first-order chi connectivity index (χ1) is 15.8. The number of hydrogen-bond acceptors (Lipinski definition) is 5. The number of methoxy groups -OCH3 is 1. The summed E-state index contributed by atoms with van der Waals surface area (Å²) in [6.45, 7) is -0.397. The predicted molar refractivity (Wildman–Crippen MR) is 122 cm³/mol. The van der Waals surface area contributed by atoms with Crippen molar-refractivity contribution in [2.24, 2.45) is 0 Å². The number of carboxylic acids is 1. The second-order valence-electron chi connectivity index (χ2n) is 7.37. The molecule has 0 radical (unpaired) electrons. The Morgan fingerprint density at radius 3 is 2.06 bits per heavy atom. The largest absolute Gasteiger partial charge is 0.508 e. The van der Waals surface area contributed by atoms with Crippen LogP contribution in [0.1, 0.15) is 21.5 Å². The first kappa shape index (κ1) is 23.3. The topological polar surface area (TPSA) is 116 Å². The highest BCUT2D eigenvalue weighted by Gasteiger charge is 2.19. The van der Waals surface area contributed by atoms with E-state index in [1.54, 1.807) is 43.5 Å². The Balaban J connectivity index is 1.64. The molecule has 0 fully saturated rings. The van der Waals surface area contributed by atoms with Crippen LogP contribution in [0.3, 0.4) is 0 Å². The number of hydrogen-bond donors (Lipinski definition) is 3. The fraction of sp³-hybridized carbons (Fsp3) is 0.160. The summed E-state index contributed by atoms with van der Waals surface area (Å²) in [5, 5.41) is 21.4. The Morgan fingerprint density at radius 1 is 0.879 bits per heavy atom. The zero-order chi connectivity index (χ0) is 23.8. The number of carboxylic acid groups (broad SMARTS) is 1. The third kappa shape index (κ3) is 6.83. The molecule has 0 heterocycles. The van der Waals surface area contributed by atoms with Gasteiger partial charge in [0.15, 0.2) is 0 Å². The van der Waals surface area contributed by atoms with Crippen molar-refractivity contribution in [3.8, 4) is 11.5 Å². The monoisotopic (exact) mass is 448 g/mol. The smallest absolute Gasteiger partial charge is 0.323 e. The number of aromatic hydroxyl groups is 1. The highest BCUT2D eigenvalue weighted by atomic mass is 16.5. The molecule has 0 saturated heterocycles. The number of ether oxygens (including phenoxy) is 1. The number of rotatable bonds is 9. The van der Waals surface area contributed by atoms with Crippen molar-refractivity contribution in [2.75, 3.05) is 19.0 Å². The molecular weight excluding hydrogens is 424 g/mol. The summed E-state index contributed by atoms with van der Waals surface area (Å²) >= 11 is 0. The molecule has 3 aromatic carbocycles. The van der Waals surface area contributed by atoms with Crippen LogP contribution in [-0.4, -0.2) is 46.6 Å². The van der Waals surface area contributed by atoms with E-state index in [1.807, 2.05) is 12.1 Å². The minimum Gasteiger partial charge on any atom is -0.508 e. The number of amides is 2. The highest BCUT2D eigenvalue weighted by Crippen LogP contribution is 2.17. The predicted octanol–water partition coefficient (Wildman–Crippen LogP) is 3.31. The maximum atomic E-state index is 12.9. The number of nitrogens with one attached hydrogen (secondary N) is 1. The van der Waals surface area contributed by atoms with E-state index >= 15 is 0 Å². The molecule has 8 heteroatoms. The normalized spacial score (nSPS) is 10.3. The maximum Gasteiger partial charge on any atom is 0.323 e. The molecule has 0 spiro atoms. The fourth-order valence-electron chi connectivity index (χ4n) is 3.20. The van der Waals surface area contributed by atoms with E-state index in [1.165, 1.54) is 29.2 Å². The van der Waals surface area contributed by atoms with Gasteiger partial charge in [-0.1, -0.05) is 24.3 Å². The molecule has 0 saturated carbocycles. The SMILES string of the molecule is COc1ccc(CC(=O)Nc2ccc(C(=O)N(CC(=O)O)Cc3ccc(O)cc3)cc2)cc1. The van der Waals surface area contributed by atoms with E-state index in [2.05, 4.69) is 5.32 Å². The summed E-state index contributed by atoms with van der Waals surface area (Å²) in [4.78, 5) is 37.7. The molecule has 0 atom stereocenters. The zero-order valence-corrected chi connectivity index (χ0v) is 18.0. The van der Waals surface area contributed by atoms with Gasteiger partial charge in [0.05, 0.1) is 13.5 Å². The number of carbonyl (C=O) groups excluding carboxylic acids is 2. The summed E-state index contributed by atoms with van der Waals surface area (Å²) < 4.78 is 5.10. The van der Waals surface area contributed by atoms with E-state index in [0.717, 1.165) is 5.56 Å². The Hall–Kier alpha value is -4.33. The Kier molecular flexibility index (Phi) is 7.64. The van der Waals surface area contributed by atoms with Gasteiger partial charge in [-0.25, -0.2) is 0 Å². The number of carbonyl (C=O) groups is 3. The lowest BCUT2D eigenvalue weighted by atomic mass is 10.1. The lowest BCUT2D eigenvalue weighted by Gasteiger charge is -2.21. The van der Waals surface area contributed by atoms with Crippen LogP contribution < -0.4 is 10.1 Å². The van der Waals surface area contributed by atoms with Crippen molar-refractivity contribution < 1.29 is 29.3 Å². The molecule has 0 unspecified atom stereocenters. The lowest BCUT2D eigenvalue weighted by Crippen LogP contribution is -2.35. The van der Waals surface area contributed by atoms with Crippen LogP contribution in [0, 0.1) is 0 Å². The average molecular weight is 448 g/mol. The third-order valence-electron chi connectivity index (χ3n) is 4.86. The second kappa shape index (κ2) is 10.8. The lowest BCUT2D eigenvalue weighted by molar-refractivity contribution is -0.137. The fourth-order valence-corrected chi connectivity index (χ4v) is 3.20. The van der Waals surface area contributed by atoms with Crippen LogP contribution in [0.15, 0.2) is 72.8 Å². The van der Waals surface area contributed by atoms with Gasteiger partial charge in [-0.15, -0.1) is 0 Å². The van der Waals surface area contributed by atoms with Gasteiger partial charge in [0.25, 0.3) is 5.91 Å². The van der Waals surface area contributed by atoms with Gasteiger partial charge in [-0.2, -0.15) is 0 Å². The maximum absolute atomic E-state index is 12.9. The molecule has 0 aromatic heterocycles. The van der Waals surface area contributed by atoms with E-state index in [9.17, 15) is 24.6 Å². The van der Waals surface area contributed by atoms with Crippen LogP contribution in [-0.2, 0) is 22.6 Å². The molecular formula is C25H24N2O6. The van der Waals surface area contributed by atoms with Crippen LogP contribution in [0.5, 0.6) is 11.5 Å². The van der Waals surface area contributed by atoms with E-state index < -0.39 is 18.4 Å². The van der Waals surface area contributed by atoms with Gasteiger partial charge in [0, 0.05) is 17.8 Å². The third-order valence-corrected chi connectivity index (χ3v) is 4.86. The number of phenols is 1. The molecule has 8 nitrogen and oxygen atoms in total. The molecule has 0 bridgehead atoms. The standard InChI is InChI=1S/C25H24N2O6/c1-33-22-12-4-17(5-13-22)14-23(29)26-20-8-6-19(7-9-20)25(32)27(16-24(30)31)15-18-2-10-21(28)11-3-18/h2-13,28H,14-16H2,1H3,(H,26,29)(H,30,31). The number of anilines is 1. The first-order valence-electron chi connectivity index (χ1n) is 10.2. The van der Waals surface area contributed by atoms with Crippen molar-refractivity contribution >= 4 is 23.5 Å². The minimum atomic E-state index is -1.13. The average Bonchev–Trinajstić information content (AvgIpc) is 2.80. The van der Waals surface area contributed by atoms with Crippen LogP contribution >= 0.6 is 0 Å². The zero-order valence-electron chi connectivity index (χ0n) is 18.0. The van der Waals surface area contributed by atoms with Crippen LogP contribution in [0.2, 0.25) is 0 Å². The Morgan fingerprint density at radius 2 is 1.48 bits per heavy atom. The molecule has 170 valence electrons. The van der Waals surface area contributed by atoms with Crippen molar-refractivity contribution in [3.05, 3.63) is 89.5 Å². The molecule has 3 rings (SSSR count). The van der Waals surface area contributed by atoms with Gasteiger partial charge in [-0.3, -0.25) is 14.4 Å². The van der Waals surface area contributed by atoms with Gasteiger partial charge >= 0.3 is 5.97 Å². The molecule has 33 heavy (non-hydrogen) atoms. The van der Waals surface area contributed by atoms with Gasteiger partial charge in [0.1, 0.15) is 18.0 Å². The highest BCUT2D eigenvalue weighted by molar-refractivity contribution is 5.97. The van der Waals surface area contributed by atoms with E-state index in [-0.39, 0.29) is 24.6 Å². The molecule has 3 aromatic rings. The Bertz CT molecular complexity index is 1110. The summed E-state index contributed by atoms with van der Waals surface area (Å²) in [6, 6.07) is 19.7. The van der Waals surface area contributed by atoms with Gasteiger partial charge in [0.2, 0.25) is 5.91 Å². The number of benzene rings is 3. The molecule has 0 aliphatic rings. The van der Waals surface area contributed by atoms with Crippen LogP contribution in [0.25, 0.3) is 0 Å². The molecule has 3 N–H and O–H groups in total. The van der Waals surface area contributed by atoms with Crippen molar-refractivity contribution in [2.45, 2.75) is 13.0 Å². The van der Waals surface area contributed by atoms with E-state index in [0.29, 0.717) is 22.6 Å². The van der Waals surface area contributed by atoms with Crippen LogP contribution in [0.4, 0.5) is 5.69 Å². The first-order valence-corrected chi connectivity index (χ1v) is 10.2. The molecule has 0 aliphatic carbocycles. The summed E-state index contributed by atoms with van der Waals surface area (Å²) in [5.74, 6) is -1.01. The number of aliphatic carboxylic acids is 1. The summed E-state index contributed by atoms with van der Waals surface area (Å²) in [7, 11) is 1.57. The van der Waals surface area contributed by atoms with Gasteiger partial charge in [-0.05, 0) is 59.7 Å². The minimum absolute atomic E-state index is 0.0752. The summed E-state index contributed by atoms with van der Waals surface area (Å²) in [5.41, 5.74) is 2.33. The van der Waals surface area contributed by atoms with E-state index in [4.69, 9.17) is 4.74 Å². The molecule has 0 aliphatic heterocycles. The number of nitrogens with zero attached hydrogens (tertiary/aromatic N) is 1. The number of phenolic OH excluding ortho intramolecular Hbond substituents is 1. The van der Waals surface area contributed by atoms with Crippen molar-refractivity contribution in [1.82, 2.24) is 4.90 Å². The summed E-state index contributed by atoms with van der Waals surface area (Å²) in [6.07, 6.45) is 0.184.